The standard InChI is InChI=1S/C19H25N7O5S/c1-24-9-12(7-21-24)13-6-15(31-23-13)19(30)26-4-2-25(3-5-26)17(28)8-20-18(29)14-10-32-11-16(27)22-14/h7,9,14-15H,2-6,8,10-11H2,1H3,(H,20,29)(H,22,27)/t14-,15?/m0/s1. The molecule has 12 nitrogen and oxygen atoms in total. The predicted octanol–water partition coefficient (Wildman–Crippen LogP) is -2.07. The molecule has 1 unspecified atom stereocenters. The summed E-state index contributed by atoms with van der Waals surface area (Å²) in [5.41, 5.74) is 1.51. The van der Waals surface area contributed by atoms with E-state index < -0.39 is 12.1 Å². The molecule has 4 rings (SSSR count). The fourth-order valence-corrected chi connectivity index (χ4v) is 4.57. The van der Waals surface area contributed by atoms with Crippen LogP contribution in [-0.4, -0.2) is 105 Å². The van der Waals surface area contributed by atoms with Crippen molar-refractivity contribution < 1.29 is 24.0 Å². The van der Waals surface area contributed by atoms with Crippen LogP contribution in [0.25, 0.3) is 0 Å². The maximum atomic E-state index is 12.8. The molecule has 0 spiro atoms. The van der Waals surface area contributed by atoms with Gasteiger partial charge in [-0.25, -0.2) is 0 Å². The van der Waals surface area contributed by atoms with E-state index in [9.17, 15) is 19.2 Å². The highest BCUT2D eigenvalue weighted by Crippen LogP contribution is 2.19. The van der Waals surface area contributed by atoms with Crippen LogP contribution >= 0.6 is 11.8 Å². The Bertz CT molecular complexity index is 940. The maximum Gasteiger partial charge on any atom is 0.267 e. The van der Waals surface area contributed by atoms with E-state index in [2.05, 4.69) is 20.9 Å². The number of oxime groups is 1. The van der Waals surface area contributed by atoms with Gasteiger partial charge in [0.1, 0.15) is 6.04 Å². The van der Waals surface area contributed by atoms with Gasteiger partial charge in [0.15, 0.2) is 0 Å². The summed E-state index contributed by atoms with van der Waals surface area (Å²) < 4.78 is 1.66. The first-order valence-electron chi connectivity index (χ1n) is 10.3. The highest BCUT2D eigenvalue weighted by molar-refractivity contribution is 8.00. The van der Waals surface area contributed by atoms with Gasteiger partial charge in [0.05, 0.1) is 24.2 Å². The van der Waals surface area contributed by atoms with E-state index in [0.717, 1.165) is 5.56 Å². The van der Waals surface area contributed by atoms with Crippen molar-refractivity contribution in [2.45, 2.75) is 18.6 Å². The second-order valence-corrected chi connectivity index (χ2v) is 8.83. The molecular weight excluding hydrogens is 438 g/mol. The molecule has 3 aliphatic heterocycles. The van der Waals surface area contributed by atoms with Crippen molar-refractivity contribution >= 4 is 41.1 Å². The van der Waals surface area contributed by atoms with Crippen LogP contribution in [0.5, 0.6) is 0 Å². The van der Waals surface area contributed by atoms with Crippen LogP contribution < -0.4 is 10.6 Å². The molecule has 32 heavy (non-hydrogen) atoms. The second-order valence-electron chi connectivity index (χ2n) is 7.80. The maximum absolute atomic E-state index is 12.8. The van der Waals surface area contributed by atoms with E-state index in [0.29, 0.717) is 49.8 Å². The first kappa shape index (κ1) is 22.1. The van der Waals surface area contributed by atoms with Gasteiger partial charge in [-0.2, -0.15) is 5.10 Å². The summed E-state index contributed by atoms with van der Waals surface area (Å²) >= 11 is 1.39. The lowest BCUT2D eigenvalue weighted by Crippen LogP contribution is -2.56. The molecule has 0 saturated carbocycles. The van der Waals surface area contributed by atoms with Crippen molar-refractivity contribution in [1.82, 2.24) is 30.2 Å². The van der Waals surface area contributed by atoms with Crippen LogP contribution in [0.15, 0.2) is 17.5 Å². The van der Waals surface area contributed by atoms with E-state index in [1.807, 2.05) is 13.2 Å². The summed E-state index contributed by atoms with van der Waals surface area (Å²) in [6.45, 7) is 1.38. The fraction of sp³-hybridized carbons (Fsp3) is 0.579. The monoisotopic (exact) mass is 463 g/mol. The molecule has 2 fully saturated rings. The number of nitrogens with zero attached hydrogens (tertiary/aromatic N) is 5. The Hall–Kier alpha value is -3.09. The number of hydrogen-bond acceptors (Lipinski definition) is 8. The van der Waals surface area contributed by atoms with Crippen molar-refractivity contribution in [3.05, 3.63) is 18.0 Å². The third kappa shape index (κ3) is 5.03. The van der Waals surface area contributed by atoms with Gasteiger partial charge >= 0.3 is 0 Å². The van der Waals surface area contributed by atoms with E-state index >= 15 is 0 Å². The lowest BCUT2D eigenvalue weighted by Gasteiger charge is -2.35. The SMILES string of the molecule is Cn1cc(C2=NOC(C(=O)N3CCN(C(=O)CNC(=O)[C@@H]4CSCC(=O)N4)CC3)C2)cn1. The van der Waals surface area contributed by atoms with Gasteiger partial charge in [0, 0.05) is 57.2 Å². The molecule has 172 valence electrons. The van der Waals surface area contributed by atoms with E-state index in [1.165, 1.54) is 11.8 Å². The van der Waals surface area contributed by atoms with Crippen LogP contribution in [0.4, 0.5) is 0 Å². The first-order chi connectivity index (χ1) is 15.4. The van der Waals surface area contributed by atoms with E-state index in [1.54, 1.807) is 20.7 Å². The molecule has 0 radical (unpaired) electrons. The number of nitrogens with one attached hydrogen (secondary N) is 2. The summed E-state index contributed by atoms with van der Waals surface area (Å²) in [6, 6.07) is -0.617. The number of aryl methyl sites for hydroxylation is 1. The van der Waals surface area contributed by atoms with Crippen LogP contribution in [0.2, 0.25) is 0 Å². The predicted molar refractivity (Wildman–Crippen MR) is 115 cm³/mol. The summed E-state index contributed by atoms with van der Waals surface area (Å²) in [5.74, 6) is -0.0948. The molecule has 0 bridgehead atoms. The Balaban J connectivity index is 1.19. The minimum atomic E-state index is -0.671. The molecule has 0 aliphatic carbocycles. The van der Waals surface area contributed by atoms with Gasteiger partial charge in [0.25, 0.3) is 5.91 Å². The number of amides is 4. The smallest absolute Gasteiger partial charge is 0.267 e. The molecule has 13 heteroatoms. The second kappa shape index (κ2) is 9.59. The number of carbonyl (C=O) groups excluding carboxylic acids is 4. The van der Waals surface area contributed by atoms with Crippen LogP contribution in [0.1, 0.15) is 12.0 Å². The van der Waals surface area contributed by atoms with Gasteiger partial charge in [-0.1, -0.05) is 5.16 Å². The minimum Gasteiger partial charge on any atom is -0.382 e. The normalized spacial score (nSPS) is 23.3. The number of piperazine rings is 1. The zero-order chi connectivity index (χ0) is 22.7. The number of aromatic nitrogens is 2. The minimum absolute atomic E-state index is 0.141. The Morgan fingerprint density at radius 1 is 1.25 bits per heavy atom. The lowest BCUT2D eigenvalue weighted by atomic mass is 10.1. The van der Waals surface area contributed by atoms with E-state index in [-0.39, 0.29) is 30.2 Å². The molecule has 4 heterocycles. The van der Waals surface area contributed by atoms with Crippen LogP contribution in [0, 0.1) is 0 Å². The third-order valence-corrected chi connectivity index (χ3v) is 6.55. The quantitative estimate of drug-likeness (QED) is 0.512. The number of rotatable bonds is 5. The van der Waals surface area contributed by atoms with Crippen LogP contribution in [-0.2, 0) is 31.1 Å². The molecule has 3 aliphatic rings. The summed E-state index contributed by atoms with van der Waals surface area (Å²) in [5, 5.41) is 13.3. The van der Waals surface area contributed by atoms with Crippen molar-refractivity contribution in [3.63, 3.8) is 0 Å². The topological polar surface area (TPSA) is 138 Å². The zero-order valence-corrected chi connectivity index (χ0v) is 18.5. The Morgan fingerprint density at radius 2 is 2.00 bits per heavy atom. The van der Waals surface area contributed by atoms with E-state index in [4.69, 9.17) is 4.84 Å². The van der Waals surface area contributed by atoms with Gasteiger partial charge in [-0.15, -0.1) is 11.8 Å². The molecule has 0 aromatic carbocycles. The highest BCUT2D eigenvalue weighted by Gasteiger charge is 2.35. The van der Waals surface area contributed by atoms with Crippen molar-refractivity contribution in [3.8, 4) is 0 Å². The van der Waals surface area contributed by atoms with Gasteiger partial charge in [0.2, 0.25) is 23.8 Å². The van der Waals surface area contributed by atoms with Crippen LogP contribution in [0.3, 0.4) is 0 Å². The Labute approximate surface area is 188 Å². The number of hydrogen-bond donors (Lipinski definition) is 2. The summed E-state index contributed by atoms with van der Waals surface area (Å²) in [7, 11) is 1.81. The lowest BCUT2D eigenvalue weighted by molar-refractivity contribution is -0.146. The number of carbonyl (C=O) groups is 4. The fourth-order valence-electron chi connectivity index (χ4n) is 3.72. The Kier molecular flexibility index (Phi) is 6.63. The summed E-state index contributed by atoms with van der Waals surface area (Å²) in [4.78, 5) is 57.4. The molecule has 2 saturated heterocycles. The molecule has 2 atom stereocenters. The highest BCUT2D eigenvalue weighted by atomic mass is 32.2. The molecule has 1 aromatic heterocycles. The van der Waals surface area contributed by atoms with Gasteiger partial charge < -0.3 is 25.3 Å². The number of thioether (sulfide) groups is 1. The molecule has 4 amide bonds. The molecule has 1 aromatic rings. The Morgan fingerprint density at radius 3 is 2.69 bits per heavy atom. The molecular formula is C19H25N7O5S. The largest absolute Gasteiger partial charge is 0.382 e. The van der Waals surface area contributed by atoms with Gasteiger partial charge in [-0.05, 0) is 0 Å². The zero-order valence-electron chi connectivity index (χ0n) is 17.7. The van der Waals surface area contributed by atoms with Crippen molar-refractivity contribution in [2.75, 3.05) is 44.2 Å². The van der Waals surface area contributed by atoms with Gasteiger partial charge in [-0.3, -0.25) is 23.9 Å². The van der Waals surface area contributed by atoms with Crippen molar-refractivity contribution in [2.24, 2.45) is 12.2 Å². The third-order valence-electron chi connectivity index (χ3n) is 5.51. The molecule has 2 N–H and O–H groups in total. The van der Waals surface area contributed by atoms with Crippen molar-refractivity contribution in [1.29, 1.82) is 0 Å². The average molecular weight is 464 g/mol. The average Bonchev–Trinajstić information content (AvgIpc) is 3.46. The first-order valence-corrected chi connectivity index (χ1v) is 11.5. The summed E-state index contributed by atoms with van der Waals surface area (Å²) in [6.07, 6.45) is 3.21.